The molecule has 1 rings (SSSR count). The van der Waals surface area contributed by atoms with Gasteiger partial charge in [0.25, 0.3) is 0 Å². The number of nitrogens with one attached hydrogen (secondary N) is 2. The van der Waals surface area contributed by atoms with Crippen molar-refractivity contribution in [1.82, 2.24) is 15.5 Å². The first kappa shape index (κ1) is 26.4. The van der Waals surface area contributed by atoms with Crippen molar-refractivity contribution in [3.63, 3.8) is 0 Å². The zero-order valence-corrected chi connectivity index (χ0v) is 19.9. The van der Waals surface area contributed by atoms with Crippen LogP contribution in [-0.2, 0) is 9.53 Å². The minimum atomic E-state index is -0.108. The van der Waals surface area contributed by atoms with Gasteiger partial charge in [-0.2, -0.15) is 0 Å². The molecule has 0 radical (unpaired) electrons. The van der Waals surface area contributed by atoms with Crippen molar-refractivity contribution in [2.45, 2.75) is 77.7 Å². The molecule has 1 fully saturated rings. The number of halogens is 1. The molecule has 160 valence electrons. The minimum absolute atomic E-state index is 0. The van der Waals surface area contributed by atoms with E-state index in [1.54, 1.807) is 0 Å². The quantitative estimate of drug-likeness (QED) is 0.142. The van der Waals surface area contributed by atoms with E-state index in [0.717, 1.165) is 70.3 Å². The van der Waals surface area contributed by atoms with Gasteiger partial charge in [0.05, 0.1) is 7.11 Å². The molecule has 27 heavy (non-hydrogen) atoms. The maximum atomic E-state index is 11.0. The van der Waals surface area contributed by atoms with E-state index in [0.29, 0.717) is 6.42 Å². The number of unbranched alkanes of at least 4 members (excludes halogenated alkanes) is 3. The lowest BCUT2D eigenvalue weighted by atomic mass is 10.0. The number of guanidine groups is 1. The van der Waals surface area contributed by atoms with Crippen LogP contribution in [0.5, 0.6) is 0 Å². The van der Waals surface area contributed by atoms with Crippen molar-refractivity contribution >= 4 is 35.9 Å². The molecule has 0 amide bonds. The molecule has 1 unspecified atom stereocenters. The van der Waals surface area contributed by atoms with Crippen LogP contribution in [-0.4, -0.2) is 62.7 Å². The molecule has 0 aromatic heterocycles. The van der Waals surface area contributed by atoms with E-state index in [1.807, 2.05) is 0 Å². The number of ether oxygens (including phenoxy) is 1. The van der Waals surface area contributed by atoms with Gasteiger partial charge in [-0.3, -0.25) is 9.79 Å². The van der Waals surface area contributed by atoms with E-state index in [2.05, 4.69) is 34.1 Å². The van der Waals surface area contributed by atoms with Gasteiger partial charge in [0.2, 0.25) is 0 Å². The molecule has 1 heterocycles. The summed E-state index contributed by atoms with van der Waals surface area (Å²) in [4.78, 5) is 18.3. The molecule has 1 aliphatic heterocycles. The van der Waals surface area contributed by atoms with Crippen LogP contribution in [0.2, 0.25) is 0 Å². The van der Waals surface area contributed by atoms with Gasteiger partial charge in [0, 0.05) is 38.6 Å². The predicted octanol–water partition coefficient (Wildman–Crippen LogP) is 3.55. The summed E-state index contributed by atoms with van der Waals surface area (Å²) in [6.07, 6.45) is 9.91. The first-order valence-corrected chi connectivity index (χ1v) is 10.5. The van der Waals surface area contributed by atoms with Crippen LogP contribution >= 0.6 is 24.0 Å². The molecule has 0 aromatic rings. The number of piperidine rings is 1. The summed E-state index contributed by atoms with van der Waals surface area (Å²) in [6, 6.07) is 0.735. The average Bonchev–Trinajstić information content (AvgIpc) is 2.65. The SMILES string of the molecule is CCNC(=NCCCN1CCCCC1C)NCCCCCCC(=O)OC.I. The third-order valence-corrected chi connectivity index (χ3v) is 4.99. The highest BCUT2D eigenvalue weighted by Gasteiger charge is 2.16. The van der Waals surface area contributed by atoms with Crippen LogP contribution in [0.25, 0.3) is 0 Å². The molecule has 7 heteroatoms. The molecule has 0 spiro atoms. The lowest BCUT2D eigenvalue weighted by molar-refractivity contribution is -0.140. The lowest BCUT2D eigenvalue weighted by Gasteiger charge is -2.33. The molecule has 6 nitrogen and oxygen atoms in total. The smallest absolute Gasteiger partial charge is 0.305 e. The van der Waals surface area contributed by atoms with Crippen molar-refractivity contribution < 1.29 is 9.53 Å². The van der Waals surface area contributed by atoms with Gasteiger partial charge in [-0.15, -0.1) is 24.0 Å². The number of hydrogen-bond donors (Lipinski definition) is 2. The molecule has 1 aliphatic rings. The Morgan fingerprint density at radius 1 is 1.15 bits per heavy atom. The molecule has 0 bridgehead atoms. The van der Waals surface area contributed by atoms with Crippen LogP contribution in [0.3, 0.4) is 0 Å². The normalized spacial score (nSPS) is 17.9. The Morgan fingerprint density at radius 2 is 1.93 bits per heavy atom. The Balaban J connectivity index is 0.00000676. The highest BCUT2D eigenvalue weighted by Crippen LogP contribution is 2.16. The summed E-state index contributed by atoms with van der Waals surface area (Å²) >= 11 is 0. The summed E-state index contributed by atoms with van der Waals surface area (Å²) in [5.41, 5.74) is 0. The van der Waals surface area contributed by atoms with Crippen LogP contribution in [0.4, 0.5) is 0 Å². The maximum absolute atomic E-state index is 11.0. The second-order valence-corrected chi connectivity index (χ2v) is 7.16. The van der Waals surface area contributed by atoms with Gasteiger partial charge >= 0.3 is 5.97 Å². The van der Waals surface area contributed by atoms with Crippen molar-refractivity contribution in [1.29, 1.82) is 0 Å². The van der Waals surface area contributed by atoms with Crippen LogP contribution in [0.1, 0.15) is 71.6 Å². The zero-order chi connectivity index (χ0) is 19.0. The standard InChI is InChI=1S/C20H40N4O2.HI/c1-4-21-20(22-14-9-6-5-7-13-19(25)26-3)23-15-11-17-24-16-10-8-12-18(24)2;/h18H,4-17H2,1-3H3,(H2,21,22,23);1H. The van der Waals surface area contributed by atoms with Crippen LogP contribution in [0, 0.1) is 0 Å². The fraction of sp³-hybridized carbons (Fsp3) is 0.900. The third kappa shape index (κ3) is 13.3. The lowest BCUT2D eigenvalue weighted by Crippen LogP contribution is -2.39. The monoisotopic (exact) mass is 496 g/mol. The van der Waals surface area contributed by atoms with Gasteiger partial charge in [-0.1, -0.05) is 19.3 Å². The Kier molecular flexibility index (Phi) is 17.2. The number of nitrogens with zero attached hydrogens (tertiary/aromatic N) is 2. The number of carbonyl (C=O) groups is 1. The first-order chi connectivity index (χ1) is 12.7. The molecule has 0 aliphatic carbocycles. The van der Waals surface area contributed by atoms with Gasteiger partial charge in [-0.25, -0.2) is 0 Å². The summed E-state index contributed by atoms with van der Waals surface area (Å²) in [5, 5.41) is 6.73. The zero-order valence-electron chi connectivity index (χ0n) is 17.6. The number of likely N-dealkylation sites (tertiary alicyclic amines) is 1. The Morgan fingerprint density at radius 3 is 2.63 bits per heavy atom. The largest absolute Gasteiger partial charge is 0.469 e. The summed E-state index contributed by atoms with van der Waals surface area (Å²) in [6.45, 7) is 9.53. The molecule has 2 N–H and O–H groups in total. The first-order valence-electron chi connectivity index (χ1n) is 10.5. The van der Waals surface area contributed by atoms with E-state index in [4.69, 9.17) is 4.99 Å². The predicted molar refractivity (Wildman–Crippen MR) is 124 cm³/mol. The van der Waals surface area contributed by atoms with Gasteiger partial charge in [-0.05, 0) is 52.5 Å². The van der Waals surface area contributed by atoms with Crippen molar-refractivity contribution in [2.75, 3.05) is 39.8 Å². The number of rotatable bonds is 12. The van der Waals surface area contributed by atoms with Crippen molar-refractivity contribution in [3.05, 3.63) is 0 Å². The van der Waals surface area contributed by atoms with Crippen molar-refractivity contribution in [3.8, 4) is 0 Å². The Bertz CT molecular complexity index is 407. The molecular formula is C20H41IN4O2. The second-order valence-electron chi connectivity index (χ2n) is 7.16. The average molecular weight is 496 g/mol. The van der Waals surface area contributed by atoms with E-state index in [-0.39, 0.29) is 29.9 Å². The van der Waals surface area contributed by atoms with Gasteiger partial charge in [0.1, 0.15) is 0 Å². The van der Waals surface area contributed by atoms with Crippen LogP contribution in [0.15, 0.2) is 4.99 Å². The summed E-state index contributed by atoms with van der Waals surface area (Å²) in [5.74, 6) is 0.817. The summed E-state index contributed by atoms with van der Waals surface area (Å²) < 4.78 is 4.65. The van der Waals surface area contributed by atoms with Crippen LogP contribution < -0.4 is 10.6 Å². The fourth-order valence-corrected chi connectivity index (χ4v) is 3.35. The van der Waals surface area contributed by atoms with E-state index in [1.165, 1.54) is 32.9 Å². The Labute approximate surface area is 183 Å². The molecule has 0 saturated carbocycles. The second kappa shape index (κ2) is 17.5. The van der Waals surface area contributed by atoms with E-state index < -0.39 is 0 Å². The van der Waals surface area contributed by atoms with Gasteiger partial charge in [0.15, 0.2) is 5.96 Å². The minimum Gasteiger partial charge on any atom is -0.469 e. The number of hydrogen-bond acceptors (Lipinski definition) is 4. The summed E-state index contributed by atoms with van der Waals surface area (Å²) in [7, 11) is 1.45. The topological polar surface area (TPSA) is 66.0 Å². The number of aliphatic imine (C=N–C) groups is 1. The number of carbonyl (C=O) groups excluding carboxylic acids is 1. The van der Waals surface area contributed by atoms with E-state index in [9.17, 15) is 4.79 Å². The Hall–Kier alpha value is -0.570. The maximum Gasteiger partial charge on any atom is 0.305 e. The molecule has 0 aromatic carbocycles. The molecule has 1 saturated heterocycles. The molecule has 1 atom stereocenters. The number of methoxy groups -OCH3 is 1. The van der Waals surface area contributed by atoms with Gasteiger partial charge < -0.3 is 20.3 Å². The fourth-order valence-electron chi connectivity index (χ4n) is 3.35. The third-order valence-electron chi connectivity index (χ3n) is 4.99. The van der Waals surface area contributed by atoms with E-state index >= 15 is 0 Å². The number of esters is 1. The van der Waals surface area contributed by atoms with Crippen molar-refractivity contribution in [2.24, 2.45) is 4.99 Å². The highest BCUT2D eigenvalue weighted by molar-refractivity contribution is 14.0. The highest BCUT2D eigenvalue weighted by atomic mass is 127. The molecular weight excluding hydrogens is 455 g/mol.